The number of morpholine rings is 1. The van der Waals surface area contributed by atoms with Gasteiger partial charge in [-0.1, -0.05) is 13.8 Å². The van der Waals surface area contributed by atoms with Gasteiger partial charge in [0.05, 0.1) is 13.2 Å². The van der Waals surface area contributed by atoms with Gasteiger partial charge in [0.15, 0.2) is 0 Å². The van der Waals surface area contributed by atoms with Crippen molar-refractivity contribution in [1.82, 2.24) is 4.90 Å². The first kappa shape index (κ1) is 10.5. The van der Waals surface area contributed by atoms with Crippen molar-refractivity contribution in [2.75, 3.05) is 26.3 Å². The Hall–Kier alpha value is -0.610. The molecule has 4 nitrogen and oxygen atoms in total. The van der Waals surface area contributed by atoms with Crippen LogP contribution in [0.1, 0.15) is 13.8 Å². The molecule has 0 aromatic carbocycles. The molecule has 1 saturated heterocycles. The molecule has 1 aliphatic heterocycles. The molecule has 0 aliphatic carbocycles. The van der Waals surface area contributed by atoms with Crippen LogP contribution in [0.4, 0.5) is 0 Å². The highest BCUT2D eigenvalue weighted by atomic mass is 16.5. The van der Waals surface area contributed by atoms with E-state index in [1.54, 1.807) is 0 Å². The summed E-state index contributed by atoms with van der Waals surface area (Å²) in [6.07, 6.45) is 0. The van der Waals surface area contributed by atoms with Crippen LogP contribution >= 0.6 is 0 Å². The molecule has 0 aromatic rings. The van der Waals surface area contributed by atoms with Gasteiger partial charge in [-0.15, -0.1) is 0 Å². The second kappa shape index (κ2) is 4.58. The Bertz CT molecular complexity index is 182. The number of rotatable bonds is 3. The summed E-state index contributed by atoms with van der Waals surface area (Å²) in [7, 11) is 0. The van der Waals surface area contributed by atoms with Gasteiger partial charge >= 0.3 is 0 Å². The molecular formula is C9H18N2O2. The summed E-state index contributed by atoms with van der Waals surface area (Å²) in [5.41, 5.74) is 5.27. The lowest BCUT2D eigenvalue weighted by atomic mass is 10.1. The van der Waals surface area contributed by atoms with Gasteiger partial charge in [-0.25, -0.2) is 0 Å². The maximum absolute atomic E-state index is 11.0. The highest BCUT2D eigenvalue weighted by molar-refractivity contribution is 5.80. The third-order valence-electron chi connectivity index (χ3n) is 2.17. The summed E-state index contributed by atoms with van der Waals surface area (Å²) in [6.45, 7) is 7.14. The zero-order chi connectivity index (χ0) is 9.84. The standard InChI is InChI=1S/C9H18N2O2/c1-7(2)5-11-3-4-13-6-8(11)9(10)12/h7-8H,3-6H2,1-2H3,(H2,10,12). The second-order valence-electron chi connectivity index (χ2n) is 3.88. The smallest absolute Gasteiger partial charge is 0.237 e. The van der Waals surface area contributed by atoms with E-state index in [4.69, 9.17) is 10.5 Å². The number of carbonyl (C=O) groups is 1. The minimum atomic E-state index is -0.277. The summed E-state index contributed by atoms with van der Waals surface area (Å²) in [4.78, 5) is 13.2. The van der Waals surface area contributed by atoms with Crippen LogP contribution < -0.4 is 5.73 Å². The van der Waals surface area contributed by atoms with Crippen LogP contribution in [0.3, 0.4) is 0 Å². The number of primary amides is 1. The van der Waals surface area contributed by atoms with Crippen molar-refractivity contribution >= 4 is 5.91 Å². The van der Waals surface area contributed by atoms with Crippen LogP contribution in [-0.2, 0) is 9.53 Å². The fourth-order valence-corrected chi connectivity index (χ4v) is 1.59. The molecule has 1 fully saturated rings. The molecule has 2 N–H and O–H groups in total. The van der Waals surface area contributed by atoms with Crippen LogP contribution in [0, 0.1) is 5.92 Å². The van der Waals surface area contributed by atoms with Gasteiger partial charge in [0.2, 0.25) is 5.91 Å². The third-order valence-corrected chi connectivity index (χ3v) is 2.17. The monoisotopic (exact) mass is 186 g/mol. The van der Waals surface area contributed by atoms with Crippen molar-refractivity contribution in [2.24, 2.45) is 11.7 Å². The zero-order valence-electron chi connectivity index (χ0n) is 8.32. The van der Waals surface area contributed by atoms with Crippen LogP contribution in [0.25, 0.3) is 0 Å². The number of amides is 1. The molecule has 1 atom stereocenters. The average molecular weight is 186 g/mol. The highest BCUT2D eigenvalue weighted by Gasteiger charge is 2.27. The fourth-order valence-electron chi connectivity index (χ4n) is 1.59. The van der Waals surface area contributed by atoms with Gasteiger partial charge in [-0.05, 0) is 5.92 Å². The minimum absolute atomic E-state index is 0.226. The number of ether oxygens (including phenoxy) is 1. The van der Waals surface area contributed by atoms with E-state index in [1.165, 1.54) is 0 Å². The van der Waals surface area contributed by atoms with Crippen LogP contribution in [0.15, 0.2) is 0 Å². The molecule has 0 spiro atoms. The Morgan fingerprint density at radius 2 is 2.38 bits per heavy atom. The van der Waals surface area contributed by atoms with E-state index in [9.17, 15) is 4.79 Å². The Kier molecular flexibility index (Phi) is 3.69. The lowest BCUT2D eigenvalue weighted by molar-refractivity contribution is -0.129. The van der Waals surface area contributed by atoms with E-state index >= 15 is 0 Å². The molecule has 1 amide bonds. The van der Waals surface area contributed by atoms with Gasteiger partial charge in [0.25, 0.3) is 0 Å². The van der Waals surface area contributed by atoms with E-state index in [-0.39, 0.29) is 11.9 Å². The summed E-state index contributed by atoms with van der Waals surface area (Å²) < 4.78 is 5.21. The number of carbonyl (C=O) groups excluding carboxylic acids is 1. The van der Waals surface area contributed by atoms with E-state index in [0.29, 0.717) is 19.1 Å². The third kappa shape index (κ3) is 2.97. The molecule has 0 radical (unpaired) electrons. The molecule has 1 heterocycles. The SMILES string of the molecule is CC(C)CN1CCOCC1C(N)=O. The topological polar surface area (TPSA) is 55.6 Å². The first-order valence-corrected chi connectivity index (χ1v) is 4.72. The lowest BCUT2D eigenvalue weighted by Gasteiger charge is -2.34. The van der Waals surface area contributed by atoms with Gasteiger partial charge in [-0.2, -0.15) is 0 Å². The first-order valence-electron chi connectivity index (χ1n) is 4.72. The number of hydrogen-bond donors (Lipinski definition) is 1. The van der Waals surface area contributed by atoms with Crippen molar-refractivity contribution in [3.05, 3.63) is 0 Å². The van der Waals surface area contributed by atoms with Gasteiger partial charge in [0.1, 0.15) is 6.04 Å². The Morgan fingerprint density at radius 1 is 1.69 bits per heavy atom. The Labute approximate surface area is 79.0 Å². The quantitative estimate of drug-likeness (QED) is 0.665. The van der Waals surface area contributed by atoms with Crippen molar-refractivity contribution in [3.8, 4) is 0 Å². The van der Waals surface area contributed by atoms with E-state index in [1.807, 2.05) is 0 Å². The van der Waals surface area contributed by atoms with Crippen molar-refractivity contribution in [1.29, 1.82) is 0 Å². The number of nitrogens with zero attached hydrogens (tertiary/aromatic N) is 1. The summed E-state index contributed by atoms with van der Waals surface area (Å²) in [5.74, 6) is 0.278. The van der Waals surface area contributed by atoms with Gasteiger partial charge < -0.3 is 10.5 Å². The molecule has 0 bridgehead atoms. The second-order valence-corrected chi connectivity index (χ2v) is 3.88. The molecule has 1 rings (SSSR count). The van der Waals surface area contributed by atoms with Crippen LogP contribution in [0.2, 0.25) is 0 Å². The van der Waals surface area contributed by atoms with E-state index in [2.05, 4.69) is 18.7 Å². The Morgan fingerprint density at radius 3 is 2.92 bits per heavy atom. The molecule has 0 saturated carbocycles. The predicted molar refractivity (Wildman–Crippen MR) is 50.2 cm³/mol. The molecule has 0 aromatic heterocycles. The van der Waals surface area contributed by atoms with Crippen molar-refractivity contribution in [3.63, 3.8) is 0 Å². The largest absolute Gasteiger partial charge is 0.378 e. The molecule has 1 aliphatic rings. The maximum Gasteiger partial charge on any atom is 0.237 e. The predicted octanol–water partition coefficient (Wildman–Crippen LogP) is -0.171. The number of hydrogen-bond acceptors (Lipinski definition) is 3. The van der Waals surface area contributed by atoms with Crippen molar-refractivity contribution in [2.45, 2.75) is 19.9 Å². The first-order chi connectivity index (χ1) is 6.11. The zero-order valence-corrected chi connectivity index (χ0v) is 8.32. The number of nitrogens with two attached hydrogens (primary N) is 1. The van der Waals surface area contributed by atoms with Gasteiger partial charge in [0, 0.05) is 13.1 Å². The maximum atomic E-state index is 11.0. The van der Waals surface area contributed by atoms with Crippen molar-refractivity contribution < 1.29 is 9.53 Å². The summed E-state index contributed by atoms with van der Waals surface area (Å²) in [6, 6.07) is -0.226. The summed E-state index contributed by atoms with van der Waals surface area (Å²) in [5, 5.41) is 0. The van der Waals surface area contributed by atoms with Crippen LogP contribution in [0.5, 0.6) is 0 Å². The molecule has 13 heavy (non-hydrogen) atoms. The van der Waals surface area contributed by atoms with E-state index in [0.717, 1.165) is 13.1 Å². The average Bonchev–Trinajstić information content (AvgIpc) is 2.03. The lowest BCUT2D eigenvalue weighted by Crippen LogP contribution is -2.53. The highest BCUT2D eigenvalue weighted by Crippen LogP contribution is 2.09. The van der Waals surface area contributed by atoms with E-state index < -0.39 is 0 Å². The molecular weight excluding hydrogens is 168 g/mol. The van der Waals surface area contributed by atoms with Crippen LogP contribution in [-0.4, -0.2) is 43.2 Å². The summed E-state index contributed by atoms with van der Waals surface area (Å²) >= 11 is 0. The molecule has 76 valence electrons. The van der Waals surface area contributed by atoms with Gasteiger partial charge in [-0.3, -0.25) is 9.69 Å². The molecule has 4 heteroatoms. The molecule has 1 unspecified atom stereocenters. The minimum Gasteiger partial charge on any atom is -0.378 e. The fraction of sp³-hybridized carbons (Fsp3) is 0.889. The Balaban J connectivity index is 2.51. The normalized spacial score (nSPS) is 25.0.